The molecule has 0 amide bonds. The van der Waals surface area contributed by atoms with Crippen molar-refractivity contribution in [1.29, 1.82) is 0 Å². The molecule has 3 heteroatoms. The second-order valence-corrected chi connectivity index (χ2v) is 4.31. The zero-order valence-corrected chi connectivity index (χ0v) is 9.56. The van der Waals surface area contributed by atoms with E-state index in [4.69, 9.17) is 9.84 Å². The Bertz CT molecular complexity index is 397. The van der Waals surface area contributed by atoms with Crippen LogP contribution in [0.3, 0.4) is 0 Å². The quantitative estimate of drug-likeness (QED) is 0.832. The number of carbonyl (C=O) groups is 1. The Kier molecular flexibility index (Phi) is 2.86. The Morgan fingerprint density at radius 3 is 2.88 bits per heavy atom. The Balaban J connectivity index is 2.45. The highest BCUT2D eigenvalue weighted by Crippen LogP contribution is 2.40. The molecule has 1 aromatic rings. The van der Waals surface area contributed by atoms with Crippen molar-refractivity contribution in [2.75, 3.05) is 7.11 Å². The van der Waals surface area contributed by atoms with Gasteiger partial charge >= 0.3 is 5.97 Å². The lowest BCUT2D eigenvalue weighted by atomic mass is 9.75. The van der Waals surface area contributed by atoms with Gasteiger partial charge in [0.15, 0.2) is 0 Å². The SMILES string of the molecule is COc1cccc2c1C(C)C(C(=O)O)CC2. The van der Waals surface area contributed by atoms with Crippen LogP contribution in [0.4, 0.5) is 0 Å². The summed E-state index contributed by atoms with van der Waals surface area (Å²) in [5.41, 5.74) is 2.30. The van der Waals surface area contributed by atoms with E-state index in [1.165, 1.54) is 5.56 Å². The molecule has 0 spiro atoms. The smallest absolute Gasteiger partial charge is 0.307 e. The lowest BCUT2D eigenvalue weighted by molar-refractivity contribution is -0.142. The standard InChI is InChI=1S/C13H16O3/c1-8-10(13(14)15)7-6-9-4-3-5-11(16-2)12(8)9/h3-5,8,10H,6-7H2,1-2H3,(H,14,15). The van der Waals surface area contributed by atoms with Crippen molar-refractivity contribution in [1.82, 2.24) is 0 Å². The number of rotatable bonds is 2. The maximum atomic E-state index is 11.1. The van der Waals surface area contributed by atoms with Crippen molar-refractivity contribution in [3.8, 4) is 5.75 Å². The fourth-order valence-electron chi connectivity index (χ4n) is 2.60. The van der Waals surface area contributed by atoms with E-state index in [9.17, 15) is 4.79 Å². The number of ether oxygens (including phenoxy) is 1. The van der Waals surface area contributed by atoms with Crippen molar-refractivity contribution in [3.63, 3.8) is 0 Å². The van der Waals surface area contributed by atoms with Crippen molar-refractivity contribution >= 4 is 5.97 Å². The lowest BCUT2D eigenvalue weighted by Gasteiger charge is -2.29. The second-order valence-electron chi connectivity index (χ2n) is 4.31. The molecule has 0 aromatic heterocycles. The Morgan fingerprint density at radius 2 is 2.25 bits per heavy atom. The lowest BCUT2D eigenvalue weighted by Crippen LogP contribution is -2.26. The van der Waals surface area contributed by atoms with Gasteiger partial charge in [-0.25, -0.2) is 0 Å². The topological polar surface area (TPSA) is 46.5 Å². The third-order valence-electron chi connectivity index (χ3n) is 3.48. The number of benzene rings is 1. The minimum Gasteiger partial charge on any atom is -0.496 e. The third-order valence-corrected chi connectivity index (χ3v) is 3.48. The number of fused-ring (bicyclic) bond motifs is 1. The summed E-state index contributed by atoms with van der Waals surface area (Å²) in [5, 5.41) is 9.16. The highest BCUT2D eigenvalue weighted by Gasteiger charge is 2.33. The van der Waals surface area contributed by atoms with Crippen LogP contribution in [-0.4, -0.2) is 18.2 Å². The fraction of sp³-hybridized carbons (Fsp3) is 0.462. The molecule has 0 bridgehead atoms. The molecule has 2 rings (SSSR count). The van der Waals surface area contributed by atoms with Crippen LogP contribution in [0.15, 0.2) is 18.2 Å². The van der Waals surface area contributed by atoms with Gasteiger partial charge in [-0.1, -0.05) is 19.1 Å². The summed E-state index contributed by atoms with van der Waals surface area (Å²) >= 11 is 0. The molecule has 0 saturated heterocycles. The molecule has 1 N–H and O–H groups in total. The van der Waals surface area contributed by atoms with Crippen molar-refractivity contribution in [2.24, 2.45) is 5.92 Å². The summed E-state index contributed by atoms with van der Waals surface area (Å²) in [4.78, 5) is 11.1. The molecule has 0 heterocycles. The highest BCUT2D eigenvalue weighted by molar-refractivity contribution is 5.72. The summed E-state index contributed by atoms with van der Waals surface area (Å²) in [6.45, 7) is 1.97. The molecule has 1 aromatic carbocycles. The van der Waals surface area contributed by atoms with Crippen LogP contribution in [0.2, 0.25) is 0 Å². The van der Waals surface area contributed by atoms with E-state index >= 15 is 0 Å². The Morgan fingerprint density at radius 1 is 1.50 bits per heavy atom. The highest BCUT2D eigenvalue weighted by atomic mass is 16.5. The van der Waals surface area contributed by atoms with Crippen LogP contribution in [0.5, 0.6) is 5.75 Å². The van der Waals surface area contributed by atoms with Crippen molar-refractivity contribution in [3.05, 3.63) is 29.3 Å². The monoisotopic (exact) mass is 220 g/mol. The minimum absolute atomic E-state index is 0.0254. The number of carboxylic acids is 1. The van der Waals surface area contributed by atoms with Gasteiger partial charge in [-0.05, 0) is 30.4 Å². The maximum absolute atomic E-state index is 11.1. The fourth-order valence-corrected chi connectivity index (χ4v) is 2.60. The summed E-state index contributed by atoms with van der Waals surface area (Å²) in [6.07, 6.45) is 1.55. The average molecular weight is 220 g/mol. The maximum Gasteiger partial charge on any atom is 0.307 e. The van der Waals surface area contributed by atoms with Gasteiger partial charge in [0.2, 0.25) is 0 Å². The second kappa shape index (κ2) is 4.16. The minimum atomic E-state index is -0.705. The van der Waals surface area contributed by atoms with Gasteiger partial charge in [-0.15, -0.1) is 0 Å². The number of carboxylic acid groups (broad SMARTS) is 1. The van der Waals surface area contributed by atoms with Crippen LogP contribution in [-0.2, 0) is 11.2 Å². The van der Waals surface area contributed by atoms with Crippen molar-refractivity contribution in [2.45, 2.75) is 25.7 Å². The first-order valence-electron chi connectivity index (χ1n) is 5.53. The molecule has 0 saturated carbocycles. The average Bonchev–Trinajstić information content (AvgIpc) is 2.28. The first-order chi connectivity index (χ1) is 7.65. The summed E-state index contributed by atoms with van der Waals surface area (Å²) in [7, 11) is 1.63. The molecule has 0 fully saturated rings. The molecule has 86 valence electrons. The van der Waals surface area contributed by atoms with E-state index in [-0.39, 0.29) is 11.8 Å². The molecule has 2 unspecified atom stereocenters. The van der Waals surface area contributed by atoms with E-state index in [0.29, 0.717) is 0 Å². The van der Waals surface area contributed by atoms with Gasteiger partial charge < -0.3 is 9.84 Å². The third kappa shape index (κ3) is 1.66. The zero-order valence-electron chi connectivity index (χ0n) is 9.56. The first-order valence-corrected chi connectivity index (χ1v) is 5.53. The van der Waals surface area contributed by atoms with Crippen LogP contribution in [0.25, 0.3) is 0 Å². The molecular weight excluding hydrogens is 204 g/mol. The zero-order chi connectivity index (χ0) is 11.7. The molecule has 0 radical (unpaired) electrons. The van der Waals surface area contributed by atoms with Gasteiger partial charge in [0.05, 0.1) is 13.0 Å². The number of aryl methyl sites for hydroxylation is 1. The van der Waals surface area contributed by atoms with E-state index in [2.05, 4.69) is 6.07 Å². The number of methoxy groups -OCH3 is 1. The molecule has 16 heavy (non-hydrogen) atoms. The van der Waals surface area contributed by atoms with Gasteiger partial charge in [0.25, 0.3) is 0 Å². The summed E-state index contributed by atoms with van der Waals surface area (Å²) in [6, 6.07) is 5.93. The first kappa shape index (κ1) is 11.0. The number of aliphatic carboxylic acids is 1. The largest absolute Gasteiger partial charge is 0.496 e. The molecular formula is C13H16O3. The van der Waals surface area contributed by atoms with E-state index < -0.39 is 5.97 Å². The summed E-state index contributed by atoms with van der Waals surface area (Å²) in [5.74, 6) is -0.152. The van der Waals surface area contributed by atoms with Gasteiger partial charge in [-0.2, -0.15) is 0 Å². The van der Waals surface area contributed by atoms with E-state index in [1.54, 1.807) is 7.11 Å². The van der Waals surface area contributed by atoms with Crippen LogP contribution >= 0.6 is 0 Å². The normalized spacial score (nSPS) is 23.6. The molecule has 1 aliphatic rings. The van der Waals surface area contributed by atoms with Crippen LogP contribution in [0, 0.1) is 5.92 Å². The molecule has 2 atom stereocenters. The Hall–Kier alpha value is -1.51. The number of hydrogen-bond acceptors (Lipinski definition) is 2. The molecule has 1 aliphatic carbocycles. The summed E-state index contributed by atoms with van der Waals surface area (Å²) < 4.78 is 5.32. The van der Waals surface area contributed by atoms with Gasteiger partial charge in [0.1, 0.15) is 5.75 Å². The van der Waals surface area contributed by atoms with Crippen LogP contribution in [0.1, 0.15) is 30.4 Å². The van der Waals surface area contributed by atoms with Gasteiger partial charge in [0, 0.05) is 5.56 Å². The van der Waals surface area contributed by atoms with Gasteiger partial charge in [-0.3, -0.25) is 4.79 Å². The Labute approximate surface area is 95.0 Å². The molecule has 3 nitrogen and oxygen atoms in total. The van der Waals surface area contributed by atoms with E-state index in [1.807, 2.05) is 19.1 Å². The van der Waals surface area contributed by atoms with E-state index in [0.717, 1.165) is 24.2 Å². The predicted octanol–water partition coefficient (Wildman–Crippen LogP) is 2.45. The molecule has 0 aliphatic heterocycles. The predicted molar refractivity (Wildman–Crippen MR) is 60.9 cm³/mol. The number of hydrogen-bond donors (Lipinski definition) is 1. The van der Waals surface area contributed by atoms with Crippen LogP contribution < -0.4 is 4.74 Å². The van der Waals surface area contributed by atoms with Crippen molar-refractivity contribution < 1.29 is 14.6 Å².